The largest absolute Gasteiger partial charge is 1.00 e. The Morgan fingerprint density at radius 3 is 2.00 bits per heavy atom. The summed E-state index contributed by atoms with van der Waals surface area (Å²) < 4.78 is 34.6. The molecule has 0 aliphatic carbocycles. The van der Waals surface area contributed by atoms with E-state index in [2.05, 4.69) is 6.92 Å². The van der Waals surface area contributed by atoms with Crippen LogP contribution in [0.3, 0.4) is 0 Å². The van der Waals surface area contributed by atoms with Crippen molar-refractivity contribution in [3.05, 3.63) is 42.0 Å². The van der Waals surface area contributed by atoms with Crippen molar-refractivity contribution in [3.63, 3.8) is 0 Å². The van der Waals surface area contributed by atoms with Crippen LogP contribution in [0.2, 0.25) is 0 Å². The molecule has 5 heteroatoms. The van der Waals surface area contributed by atoms with Crippen molar-refractivity contribution in [2.75, 3.05) is 0 Å². The van der Waals surface area contributed by atoms with E-state index in [1.54, 1.807) is 0 Å². The monoisotopic (exact) mass is 356 g/mol. The number of fused-ring (bicyclic) bond motifs is 1. The van der Waals surface area contributed by atoms with E-state index in [-0.39, 0.29) is 34.5 Å². The van der Waals surface area contributed by atoms with E-state index in [1.807, 2.05) is 30.3 Å². The third kappa shape index (κ3) is 6.49. The molecule has 24 heavy (non-hydrogen) atoms. The SMILES string of the molecule is CCCCCCCCCc1cc2ccccc2cc1S(=O)(=O)[O-].[Na+]. The van der Waals surface area contributed by atoms with Crippen molar-refractivity contribution in [2.45, 2.75) is 63.2 Å². The van der Waals surface area contributed by atoms with E-state index in [4.69, 9.17) is 0 Å². The molecule has 0 unspecified atom stereocenters. The van der Waals surface area contributed by atoms with Crippen LogP contribution in [0.1, 0.15) is 57.4 Å². The Labute approximate surface area is 167 Å². The van der Waals surface area contributed by atoms with Crippen LogP contribution >= 0.6 is 0 Å². The zero-order chi connectivity index (χ0) is 16.7. The molecule has 0 aliphatic heterocycles. The molecule has 2 rings (SSSR count). The van der Waals surface area contributed by atoms with E-state index >= 15 is 0 Å². The van der Waals surface area contributed by atoms with Gasteiger partial charge in [-0.1, -0.05) is 69.7 Å². The summed E-state index contributed by atoms with van der Waals surface area (Å²) in [6, 6.07) is 10.9. The van der Waals surface area contributed by atoms with Crippen LogP contribution in [0.5, 0.6) is 0 Å². The van der Waals surface area contributed by atoms with Gasteiger partial charge in [0.2, 0.25) is 0 Å². The molecule has 0 heterocycles. The Balaban J connectivity index is 0.00000288. The van der Waals surface area contributed by atoms with Crippen molar-refractivity contribution in [1.82, 2.24) is 0 Å². The van der Waals surface area contributed by atoms with Crippen LogP contribution in [-0.2, 0) is 16.5 Å². The van der Waals surface area contributed by atoms with Gasteiger partial charge in [0.15, 0.2) is 0 Å². The fourth-order valence-corrected chi connectivity index (χ4v) is 3.72. The molecule has 0 spiro atoms. The van der Waals surface area contributed by atoms with Crippen molar-refractivity contribution in [1.29, 1.82) is 0 Å². The maximum Gasteiger partial charge on any atom is 1.00 e. The molecule has 2 aromatic carbocycles. The molecule has 0 aromatic heterocycles. The summed E-state index contributed by atoms with van der Waals surface area (Å²) in [6.45, 7) is 2.20. The second-order valence-corrected chi connectivity index (χ2v) is 7.48. The standard InChI is InChI=1S/C19H26O3S.Na/c1-2-3-4-5-6-7-8-13-18-14-16-11-9-10-12-17(16)15-19(18)23(20,21)22;/h9-12,14-15H,2-8,13H2,1H3,(H,20,21,22);/q;+1/p-1. The van der Waals surface area contributed by atoms with Crippen LogP contribution in [0.15, 0.2) is 41.3 Å². The summed E-state index contributed by atoms with van der Waals surface area (Å²) >= 11 is 0. The van der Waals surface area contributed by atoms with Crippen molar-refractivity contribution >= 4 is 20.9 Å². The van der Waals surface area contributed by atoms with Gasteiger partial charge < -0.3 is 4.55 Å². The van der Waals surface area contributed by atoms with Gasteiger partial charge in [0.1, 0.15) is 10.1 Å². The molecular formula is C19H25NaO3S. The predicted octanol–water partition coefficient (Wildman–Crippen LogP) is 2.04. The Kier molecular flexibility index (Phi) is 9.53. The Morgan fingerprint density at radius 1 is 0.875 bits per heavy atom. The maximum absolute atomic E-state index is 11.5. The smallest absolute Gasteiger partial charge is 0.744 e. The molecule has 3 nitrogen and oxygen atoms in total. The molecule has 0 bridgehead atoms. The summed E-state index contributed by atoms with van der Waals surface area (Å²) in [5.41, 5.74) is 0.659. The fourth-order valence-electron chi connectivity index (χ4n) is 2.97. The first-order valence-electron chi connectivity index (χ1n) is 8.50. The summed E-state index contributed by atoms with van der Waals surface area (Å²) in [5.74, 6) is 0. The number of hydrogen-bond donors (Lipinski definition) is 0. The molecular weight excluding hydrogens is 331 g/mol. The van der Waals surface area contributed by atoms with E-state index in [0.29, 0.717) is 12.0 Å². The quantitative estimate of drug-likeness (QED) is 0.392. The van der Waals surface area contributed by atoms with Crippen LogP contribution in [0.4, 0.5) is 0 Å². The van der Waals surface area contributed by atoms with E-state index in [1.165, 1.54) is 38.2 Å². The minimum atomic E-state index is -4.43. The topological polar surface area (TPSA) is 57.2 Å². The third-order valence-electron chi connectivity index (χ3n) is 4.25. The Bertz CT molecular complexity index is 741. The fraction of sp³-hybridized carbons (Fsp3) is 0.474. The molecule has 0 amide bonds. The zero-order valence-corrected chi connectivity index (χ0v) is 17.6. The van der Waals surface area contributed by atoms with Crippen molar-refractivity contribution < 1.29 is 42.5 Å². The van der Waals surface area contributed by atoms with E-state index in [9.17, 15) is 13.0 Å². The number of hydrogen-bond acceptors (Lipinski definition) is 3. The van der Waals surface area contributed by atoms with Gasteiger partial charge in [-0.2, -0.15) is 0 Å². The number of aryl methyl sites for hydroxylation is 1. The third-order valence-corrected chi connectivity index (χ3v) is 5.17. The van der Waals surface area contributed by atoms with Crippen LogP contribution in [0.25, 0.3) is 10.8 Å². The second-order valence-electron chi connectivity index (χ2n) is 6.13. The first-order valence-corrected chi connectivity index (χ1v) is 9.91. The Morgan fingerprint density at radius 2 is 1.42 bits per heavy atom. The molecule has 126 valence electrons. The summed E-state index contributed by atoms with van der Waals surface area (Å²) in [4.78, 5) is -0.0535. The summed E-state index contributed by atoms with van der Waals surface area (Å²) in [5, 5.41) is 1.78. The zero-order valence-electron chi connectivity index (χ0n) is 14.8. The van der Waals surface area contributed by atoms with Crippen LogP contribution in [0, 0.1) is 0 Å². The average molecular weight is 356 g/mol. The molecule has 0 aliphatic rings. The van der Waals surface area contributed by atoms with Gasteiger partial charge in [-0.25, -0.2) is 8.42 Å². The van der Waals surface area contributed by atoms with Crippen molar-refractivity contribution in [2.24, 2.45) is 0 Å². The van der Waals surface area contributed by atoms with Gasteiger partial charge in [-0.3, -0.25) is 0 Å². The number of unbranched alkanes of at least 4 members (excludes halogenated alkanes) is 6. The second kappa shape index (κ2) is 10.6. The van der Waals surface area contributed by atoms with Gasteiger partial charge in [-0.15, -0.1) is 0 Å². The normalized spacial score (nSPS) is 11.4. The summed E-state index contributed by atoms with van der Waals surface area (Å²) in [7, 11) is -4.43. The molecule has 0 atom stereocenters. The first kappa shape index (κ1) is 21.7. The Hall–Kier alpha value is -0.390. The van der Waals surface area contributed by atoms with Crippen LogP contribution < -0.4 is 29.6 Å². The average Bonchev–Trinajstić information content (AvgIpc) is 2.52. The minimum absolute atomic E-state index is 0. The van der Waals surface area contributed by atoms with Crippen molar-refractivity contribution in [3.8, 4) is 0 Å². The number of benzene rings is 2. The van der Waals surface area contributed by atoms with Gasteiger partial charge in [0.25, 0.3) is 0 Å². The van der Waals surface area contributed by atoms with Gasteiger partial charge in [-0.05, 0) is 41.3 Å². The minimum Gasteiger partial charge on any atom is -0.744 e. The number of rotatable bonds is 9. The summed E-state index contributed by atoms with van der Waals surface area (Å²) in [6.07, 6.45) is 8.85. The van der Waals surface area contributed by atoms with Crippen LogP contribution in [-0.4, -0.2) is 13.0 Å². The molecule has 0 N–H and O–H groups in total. The first-order chi connectivity index (χ1) is 11.0. The molecule has 0 radical (unpaired) electrons. The van der Waals surface area contributed by atoms with Gasteiger partial charge in [0, 0.05) is 0 Å². The van der Waals surface area contributed by atoms with Gasteiger partial charge >= 0.3 is 29.6 Å². The molecule has 0 saturated carbocycles. The molecule has 2 aromatic rings. The molecule has 0 fully saturated rings. The molecule has 0 saturated heterocycles. The maximum atomic E-state index is 11.5. The van der Waals surface area contributed by atoms with Gasteiger partial charge in [0.05, 0.1) is 4.90 Å². The van der Waals surface area contributed by atoms with E-state index < -0.39 is 10.1 Å². The predicted molar refractivity (Wildman–Crippen MR) is 93.6 cm³/mol. The van der Waals surface area contributed by atoms with E-state index in [0.717, 1.165) is 23.6 Å².